The third kappa shape index (κ3) is 3.68. The average molecular weight is 183 g/mol. The Balaban J connectivity index is 2.59. The third-order valence-corrected chi connectivity index (χ3v) is 3.23. The highest BCUT2D eigenvalue weighted by molar-refractivity contribution is 4.82. The first kappa shape index (κ1) is 11.0. The molecule has 2 N–H and O–H groups in total. The molecule has 0 aromatic rings. The molecule has 3 unspecified atom stereocenters. The second-order valence-corrected chi connectivity index (χ2v) is 6.01. The van der Waals surface area contributed by atoms with E-state index in [1.807, 2.05) is 0 Å². The topological polar surface area (TPSA) is 26.0 Å². The Hall–Kier alpha value is -0.0400. The standard InChI is InChI=1S/C12H25N/c1-9-5-10(2)7-12(3,4)8-11(13)6-9/h9-11H,5-8,13H2,1-4H3. The first-order valence-corrected chi connectivity index (χ1v) is 5.64. The summed E-state index contributed by atoms with van der Waals surface area (Å²) in [5, 5.41) is 0. The highest BCUT2D eigenvalue weighted by Gasteiger charge is 2.28. The molecule has 0 aromatic carbocycles. The molecule has 1 heteroatoms. The molecular weight excluding hydrogens is 158 g/mol. The summed E-state index contributed by atoms with van der Waals surface area (Å²) in [6, 6.07) is 0.428. The van der Waals surface area contributed by atoms with Gasteiger partial charge in [-0.2, -0.15) is 0 Å². The van der Waals surface area contributed by atoms with Crippen LogP contribution in [0.2, 0.25) is 0 Å². The lowest BCUT2D eigenvalue weighted by Crippen LogP contribution is -2.33. The fraction of sp³-hybridized carbons (Fsp3) is 1.00. The summed E-state index contributed by atoms with van der Waals surface area (Å²) in [5.74, 6) is 1.69. The lowest BCUT2D eigenvalue weighted by molar-refractivity contribution is 0.180. The van der Waals surface area contributed by atoms with Gasteiger partial charge in [0.15, 0.2) is 0 Å². The normalized spacial score (nSPS) is 40.8. The number of hydrogen-bond acceptors (Lipinski definition) is 1. The van der Waals surface area contributed by atoms with Crippen molar-refractivity contribution in [2.45, 2.75) is 59.4 Å². The molecule has 0 radical (unpaired) electrons. The van der Waals surface area contributed by atoms with Crippen molar-refractivity contribution >= 4 is 0 Å². The van der Waals surface area contributed by atoms with E-state index >= 15 is 0 Å². The van der Waals surface area contributed by atoms with Gasteiger partial charge in [-0.25, -0.2) is 0 Å². The predicted octanol–water partition coefficient (Wildman–Crippen LogP) is 3.19. The predicted molar refractivity (Wildman–Crippen MR) is 58.6 cm³/mol. The van der Waals surface area contributed by atoms with Crippen molar-refractivity contribution in [2.75, 3.05) is 0 Å². The van der Waals surface area contributed by atoms with Gasteiger partial charge in [-0.15, -0.1) is 0 Å². The molecule has 1 saturated carbocycles. The van der Waals surface area contributed by atoms with Gasteiger partial charge in [-0.05, 0) is 42.9 Å². The Bertz CT molecular complexity index is 147. The average Bonchev–Trinajstić information content (AvgIpc) is 1.78. The van der Waals surface area contributed by atoms with E-state index in [1.54, 1.807) is 0 Å². The fourth-order valence-electron chi connectivity index (χ4n) is 3.20. The van der Waals surface area contributed by atoms with Gasteiger partial charge >= 0.3 is 0 Å². The Morgan fingerprint density at radius 1 is 1.00 bits per heavy atom. The lowest BCUT2D eigenvalue weighted by atomic mass is 9.72. The van der Waals surface area contributed by atoms with Crippen LogP contribution < -0.4 is 5.73 Å². The molecule has 78 valence electrons. The van der Waals surface area contributed by atoms with Crippen LogP contribution in [0.5, 0.6) is 0 Å². The quantitative estimate of drug-likeness (QED) is 0.613. The maximum absolute atomic E-state index is 6.12. The largest absolute Gasteiger partial charge is 0.328 e. The second kappa shape index (κ2) is 4.00. The zero-order chi connectivity index (χ0) is 10.1. The minimum atomic E-state index is 0.428. The molecule has 0 spiro atoms. The molecule has 0 aromatic heterocycles. The highest BCUT2D eigenvalue weighted by atomic mass is 14.6. The van der Waals surface area contributed by atoms with Crippen LogP contribution >= 0.6 is 0 Å². The molecule has 0 amide bonds. The second-order valence-electron chi connectivity index (χ2n) is 6.01. The Labute approximate surface area is 83.1 Å². The van der Waals surface area contributed by atoms with Gasteiger partial charge in [0.2, 0.25) is 0 Å². The Kier molecular flexibility index (Phi) is 3.39. The number of rotatable bonds is 0. The molecule has 3 atom stereocenters. The summed E-state index contributed by atoms with van der Waals surface area (Å²) in [5.41, 5.74) is 6.57. The summed E-state index contributed by atoms with van der Waals surface area (Å²) in [6.45, 7) is 9.45. The summed E-state index contributed by atoms with van der Waals surface area (Å²) in [6.07, 6.45) is 5.11. The van der Waals surface area contributed by atoms with E-state index in [0.717, 1.165) is 11.8 Å². The lowest BCUT2D eigenvalue weighted by Gasteiger charge is -2.35. The third-order valence-electron chi connectivity index (χ3n) is 3.23. The van der Waals surface area contributed by atoms with E-state index in [9.17, 15) is 0 Å². The maximum atomic E-state index is 6.12. The maximum Gasteiger partial charge on any atom is 0.00464 e. The smallest absolute Gasteiger partial charge is 0.00464 e. The van der Waals surface area contributed by atoms with Crippen LogP contribution in [0.25, 0.3) is 0 Å². The summed E-state index contributed by atoms with van der Waals surface area (Å²) in [7, 11) is 0. The van der Waals surface area contributed by atoms with Crippen LogP contribution in [-0.4, -0.2) is 6.04 Å². The van der Waals surface area contributed by atoms with Crippen LogP contribution in [0.4, 0.5) is 0 Å². The zero-order valence-corrected chi connectivity index (χ0v) is 9.64. The first-order chi connectivity index (χ1) is 5.89. The molecule has 1 rings (SSSR count). The van der Waals surface area contributed by atoms with E-state index in [-0.39, 0.29) is 0 Å². The minimum absolute atomic E-state index is 0.428. The highest BCUT2D eigenvalue weighted by Crippen LogP contribution is 2.36. The van der Waals surface area contributed by atoms with E-state index in [1.165, 1.54) is 25.7 Å². The molecule has 0 heterocycles. The van der Waals surface area contributed by atoms with Crippen LogP contribution in [-0.2, 0) is 0 Å². The first-order valence-electron chi connectivity index (χ1n) is 5.64. The van der Waals surface area contributed by atoms with Gasteiger partial charge in [-0.3, -0.25) is 0 Å². The van der Waals surface area contributed by atoms with Gasteiger partial charge < -0.3 is 5.73 Å². The van der Waals surface area contributed by atoms with Crippen molar-refractivity contribution in [3.63, 3.8) is 0 Å². The zero-order valence-electron chi connectivity index (χ0n) is 9.64. The summed E-state index contributed by atoms with van der Waals surface area (Å²) in [4.78, 5) is 0. The van der Waals surface area contributed by atoms with E-state index in [0.29, 0.717) is 11.5 Å². The van der Waals surface area contributed by atoms with E-state index < -0.39 is 0 Å². The Morgan fingerprint density at radius 3 is 2.23 bits per heavy atom. The van der Waals surface area contributed by atoms with Crippen molar-refractivity contribution in [1.82, 2.24) is 0 Å². The van der Waals surface area contributed by atoms with E-state index in [2.05, 4.69) is 27.7 Å². The fourth-order valence-corrected chi connectivity index (χ4v) is 3.20. The van der Waals surface area contributed by atoms with Crippen molar-refractivity contribution in [1.29, 1.82) is 0 Å². The van der Waals surface area contributed by atoms with Gasteiger partial charge in [0.1, 0.15) is 0 Å². The van der Waals surface area contributed by atoms with Gasteiger partial charge in [0.05, 0.1) is 0 Å². The van der Waals surface area contributed by atoms with Crippen LogP contribution in [0.1, 0.15) is 53.4 Å². The number of hydrogen-bond donors (Lipinski definition) is 1. The van der Waals surface area contributed by atoms with Crippen molar-refractivity contribution < 1.29 is 0 Å². The Morgan fingerprint density at radius 2 is 1.62 bits per heavy atom. The minimum Gasteiger partial charge on any atom is -0.328 e. The van der Waals surface area contributed by atoms with Crippen LogP contribution in [0.15, 0.2) is 0 Å². The molecule has 0 bridgehead atoms. The summed E-state index contributed by atoms with van der Waals surface area (Å²) >= 11 is 0. The van der Waals surface area contributed by atoms with Gasteiger partial charge in [0.25, 0.3) is 0 Å². The molecule has 1 aliphatic carbocycles. The molecular formula is C12H25N. The molecule has 1 nitrogen and oxygen atoms in total. The van der Waals surface area contributed by atoms with Crippen molar-refractivity contribution in [3.8, 4) is 0 Å². The SMILES string of the molecule is CC1CC(C)CC(C)(C)CC(N)C1. The van der Waals surface area contributed by atoms with Crippen molar-refractivity contribution in [3.05, 3.63) is 0 Å². The molecule has 0 aliphatic heterocycles. The van der Waals surface area contributed by atoms with Gasteiger partial charge in [0, 0.05) is 6.04 Å². The van der Waals surface area contributed by atoms with Crippen molar-refractivity contribution in [2.24, 2.45) is 23.0 Å². The molecule has 13 heavy (non-hydrogen) atoms. The molecule has 1 fully saturated rings. The monoisotopic (exact) mass is 183 g/mol. The van der Waals surface area contributed by atoms with Crippen LogP contribution in [0, 0.1) is 17.3 Å². The van der Waals surface area contributed by atoms with Gasteiger partial charge in [-0.1, -0.05) is 27.7 Å². The molecule has 1 aliphatic rings. The van der Waals surface area contributed by atoms with Crippen LogP contribution in [0.3, 0.4) is 0 Å². The summed E-state index contributed by atoms with van der Waals surface area (Å²) < 4.78 is 0. The number of nitrogens with two attached hydrogens (primary N) is 1. The van der Waals surface area contributed by atoms with E-state index in [4.69, 9.17) is 5.73 Å². The molecule has 0 saturated heterocycles.